The molecule has 18 heavy (non-hydrogen) atoms. The van der Waals surface area contributed by atoms with Crippen LogP contribution < -0.4 is 0 Å². The van der Waals surface area contributed by atoms with Crippen molar-refractivity contribution in [3.05, 3.63) is 35.9 Å². The van der Waals surface area contributed by atoms with Crippen LogP contribution in [0.3, 0.4) is 0 Å². The molecule has 1 unspecified atom stereocenters. The number of benzene rings is 1. The molecule has 0 aliphatic heterocycles. The summed E-state index contributed by atoms with van der Waals surface area (Å²) in [5.41, 5.74) is 1.09. The molecule has 0 radical (unpaired) electrons. The summed E-state index contributed by atoms with van der Waals surface area (Å²) in [5.74, 6) is -0.602. The Bertz CT molecular complexity index is 420. The third-order valence-corrected chi connectivity index (χ3v) is 2.96. The summed E-state index contributed by atoms with van der Waals surface area (Å²) in [6.07, 6.45) is 0.563. The molecule has 1 aromatic rings. The third-order valence-electron chi connectivity index (χ3n) is 2.96. The van der Waals surface area contributed by atoms with E-state index >= 15 is 0 Å². The number of carbonyl (C=O) groups excluding carboxylic acids is 1. The lowest BCUT2D eigenvalue weighted by atomic mass is 10.1. The second-order valence-electron chi connectivity index (χ2n) is 4.64. The van der Waals surface area contributed by atoms with Crippen LogP contribution in [-0.4, -0.2) is 16.8 Å². The fourth-order valence-corrected chi connectivity index (χ4v) is 1.82. The minimum absolute atomic E-state index is 0.0705. The molecule has 0 saturated carbocycles. The Morgan fingerprint density at radius 2 is 1.94 bits per heavy atom. The summed E-state index contributed by atoms with van der Waals surface area (Å²) in [4.78, 5) is 14.0. The number of rotatable bonds is 5. The Hall–Kier alpha value is -1.82. The zero-order valence-corrected chi connectivity index (χ0v) is 11.3. The van der Waals surface area contributed by atoms with Crippen molar-refractivity contribution in [3.8, 4) is 6.07 Å². The van der Waals surface area contributed by atoms with Crippen LogP contribution in [0.5, 0.6) is 0 Å². The molecule has 0 spiro atoms. The minimum Gasteiger partial charge on any atom is -0.335 e. The summed E-state index contributed by atoms with van der Waals surface area (Å²) in [7, 11) is 0. The molecule has 0 bridgehead atoms. The number of hydrogen-bond donors (Lipinski definition) is 0. The molecule has 96 valence electrons. The van der Waals surface area contributed by atoms with Crippen LogP contribution in [0.2, 0.25) is 0 Å². The summed E-state index contributed by atoms with van der Waals surface area (Å²) < 4.78 is 0. The topological polar surface area (TPSA) is 44.1 Å². The highest BCUT2D eigenvalue weighted by molar-refractivity contribution is 5.81. The fraction of sp³-hybridized carbons (Fsp3) is 0.467. The van der Waals surface area contributed by atoms with Crippen molar-refractivity contribution in [2.75, 3.05) is 0 Å². The van der Waals surface area contributed by atoms with Gasteiger partial charge in [0.15, 0.2) is 0 Å². The van der Waals surface area contributed by atoms with Gasteiger partial charge in [0.05, 0.1) is 6.07 Å². The van der Waals surface area contributed by atoms with E-state index in [2.05, 4.69) is 6.07 Å². The lowest BCUT2D eigenvalue weighted by Gasteiger charge is -2.28. The van der Waals surface area contributed by atoms with E-state index in [0.717, 1.165) is 5.56 Å². The smallest absolute Gasteiger partial charge is 0.240 e. The predicted octanol–water partition coefficient (Wildman–Crippen LogP) is 2.97. The van der Waals surface area contributed by atoms with E-state index in [9.17, 15) is 4.79 Å². The monoisotopic (exact) mass is 244 g/mol. The van der Waals surface area contributed by atoms with Crippen molar-refractivity contribution in [2.45, 2.75) is 39.8 Å². The molecule has 3 heteroatoms. The SMILES string of the molecule is CCC(C#N)C(=O)N(Cc1ccccc1)C(C)C. The maximum atomic E-state index is 12.3. The molecule has 1 atom stereocenters. The van der Waals surface area contributed by atoms with Gasteiger partial charge < -0.3 is 4.90 Å². The van der Waals surface area contributed by atoms with E-state index in [1.54, 1.807) is 4.90 Å². The maximum Gasteiger partial charge on any atom is 0.240 e. The van der Waals surface area contributed by atoms with Crippen molar-refractivity contribution in [1.29, 1.82) is 5.26 Å². The molecule has 0 aliphatic carbocycles. The molecule has 0 fully saturated rings. The van der Waals surface area contributed by atoms with Crippen LogP contribution in [0.15, 0.2) is 30.3 Å². The van der Waals surface area contributed by atoms with Crippen LogP contribution in [0.25, 0.3) is 0 Å². The van der Waals surface area contributed by atoms with Gasteiger partial charge in [0.1, 0.15) is 5.92 Å². The lowest BCUT2D eigenvalue weighted by Crippen LogP contribution is -2.39. The minimum atomic E-state index is -0.531. The van der Waals surface area contributed by atoms with E-state index in [1.807, 2.05) is 51.1 Å². The van der Waals surface area contributed by atoms with Crippen LogP contribution in [0.1, 0.15) is 32.8 Å². The van der Waals surface area contributed by atoms with Gasteiger partial charge in [-0.25, -0.2) is 0 Å². The van der Waals surface area contributed by atoms with Gasteiger partial charge in [-0.1, -0.05) is 37.3 Å². The van der Waals surface area contributed by atoms with Crippen molar-refractivity contribution >= 4 is 5.91 Å². The van der Waals surface area contributed by atoms with E-state index in [0.29, 0.717) is 13.0 Å². The second-order valence-corrected chi connectivity index (χ2v) is 4.64. The maximum absolute atomic E-state index is 12.3. The van der Waals surface area contributed by atoms with Gasteiger partial charge in [0, 0.05) is 12.6 Å². The Kier molecular flexibility index (Phi) is 5.38. The lowest BCUT2D eigenvalue weighted by molar-refractivity contribution is -0.136. The number of hydrogen-bond acceptors (Lipinski definition) is 2. The average Bonchev–Trinajstić information content (AvgIpc) is 2.38. The highest BCUT2D eigenvalue weighted by Gasteiger charge is 2.24. The van der Waals surface area contributed by atoms with Crippen LogP contribution in [-0.2, 0) is 11.3 Å². The predicted molar refractivity (Wildman–Crippen MR) is 71.5 cm³/mol. The molecule has 1 aromatic carbocycles. The van der Waals surface area contributed by atoms with Gasteiger partial charge in [-0.15, -0.1) is 0 Å². The van der Waals surface area contributed by atoms with E-state index in [-0.39, 0.29) is 11.9 Å². The highest BCUT2D eigenvalue weighted by atomic mass is 16.2. The zero-order chi connectivity index (χ0) is 13.5. The summed E-state index contributed by atoms with van der Waals surface area (Å²) in [6, 6.07) is 12.0. The molecular weight excluding hydrogens is 224 g/mol. The molecular formula is C15H20N2O. The molecule has 0 saturated heterocycles. The van der Waals surface area contributed by atoms with Crippen LogP contribution in [0.4, 0.5) is 0 Å². The summed E-state index contributed by atoms with van der Waals surface area (Å²) >= 11 is 0. The summed E-state index contributed by atoms with van der Waals surface area (Å²) in [5, 5.41) is 9.00. The Balaban J connectivity index is 2.84. The van der Waals surface area contributed by atoms with E-state index < -0.39 is 5.92 Å². The fourth-order valence-electron chi connectivity index (χ4n) is 1.82. The van der Waals surface area contributed by atoms with Gasteiger partial charge in [0.2, 0.25) is 5.91 Å². The first kappa shape index (κ1) is 14.2. The van der Waals surface area contributed by atoms with Gasteiger partial charge in [-0.3, -0.25) is 4.79 Å². The first-order valence-electron chi connectivity index (χ1n) is 6.34. The van der Waals surface area contributed by atoms with E-state index in [4.69, 9.17) is 5.26 Å². The molecule has 0 aliphatic rings. The van der Waals surface area contributed by atoms with Gasteiger partial charge in [0.25, 0.3) is 0 Å². The third kappa shape index (κ3) is 3.59. The molecule has 1 amide bonds. The van der Waals surface area contributed by atoms with Crippen molar-refractivity contribution < 1.29 is 4.79 Å². The second kappa shape index (κ2) is 6.80. The Morgan fingerprint density at radius 3 is 2.39 bits per heavy atom. The number of nitrogens with zero attached hydrogens (tertiary/aromatic N) is 2. The zero-order valence-electron chi connectivity index (χ0n) is 11.3. The number of carbonyl (C=O) groups is 1. The molecule has 0 N–H and O–H groups in total. The van der Waals surface area contributed by atoms with Crippen LogP contribution >= 0.6 is 0 Å². The number of amides is 1. The largest absolute Gasteiger partial charge is 0.335 e. The van der Waals surface area contributed by atoms with Gasteiger partial charge in [-0.05, 0) is 25.8 Å². The first-order chi connectivity index (χ1) is 8.60. The van der Waals surface area contributed by atoms with Gasteiger partial charge in [-0.2, -0.15) is 5.26 Å². The van der Waals surface area contributed by atoms with Gasteiger partial charge >= 0.3 is 0 Å². The Morgan fingerprint density at radius 1 is 1.33 bits per heavy atom. The molecule has 1 rings (SSSR count). The molecule has 0 heterocycles. The van der Waals surface area contributed by atoms with E-state index in [1.165, 1.54) is 0 Å². The molecule has 3 nitrogen and oxygen atoms in total. The molecule has 0 aromatic heterocycles. The van der Waals surface area contributed by atoms with Crippen LogP contribution in [0, 0.1) is 17.2 Å². The Labute approximate surface area is 109 Å². The van der Waals surface area contributed by atoms with Crippen molar-refractivity contribution in [1.82, 2.24) is 4.90 Å². The highest BCUT2D eigenvalue weighted by Crippen LogP contribution is 2.14. The summed E-state index contributed by atoms with van der Waals surface area (Å²) in [6.45, 7) is 6.39. The average molecular weight is 244 g/mol. The number of nitriles is 1. The first-order valence-corrected chi connectivity index (χ1v) is 6.34. The standard InChI is InChI=1S/C15H20N2O/c1-4-14(10-16)15(18)17(12(2)3)11-13-8-6-5-7-9-13/h5-9,12,14H,4,11H2,1-3H3. The quantitative estimate of drug-likeness (QED) is 0.799. The van der Waals surface area contributed by atoms with Crippen molar-refractivity contribution in [3.63, 3.8) is 0 Å². The van der Waals surface area contributed by atoms with Crippen molar-refractivity contribution in [2.24, 2.45) is 5.92 Å². The normalized spacial score (nSPS) is 11.9.